The molecule has 0 N–H and O–H groups in total. The van der Waals surface area contributed by atoms with Crippen molar-refractivity contribution in [3.63, 3.8) is 0 Å². The number of aromatic nitrogens is 2. The Hall–Kier alpha value is -3.13. The maximum absolute atomic E-state index is 12.3. The summed E-state index contributed by atoms with van der Waals surface area (Å²) in [6, 6.07) is 10.9. The molecule has 0 saturated heterocycles. The lowest BCUT2D eigenvalue weighted by molar-refractivity contribution is 0.534. The molecule has 0 radical (unpaired) electrons. The first-order chi connectivity index (χ1) is 11.6. The first kappa shape index (κ1) is 17.2. The fraction of sp³-hybridized carbons (Fsp3) is 0.211. The smallest absolute Gasteiger partial charge is 0.258 e. The summed E-state index contributed by atoms with van der Waals surface area (Å²) in [5.74, 6) is 1.16. The van der Waals surface area contributed by atoms with Crippen LogP contribution < -0.4 is 5.56 Å². The van der Waals surface area contributed by atoms with E-state index in [1.54, 1.807) is 56.6 Å². The van der Waals surface area contributed by atoms with Crippen LogP contribution in [0.25, 0.3) is 17.0 Å². The fourth-order valence-electron chi connectivity index (χ4n) is 2.27. The zero-order chi connectivity index (χ0) is 17.7. The van der Waals surface area contributed by atoms with E-state index in [0.29, 0.717) is 28.5 Å². The van der Waals surface area contributed by atoms with Crippen molar-refractivity contribution in [1.29, 1.82) is 5.26 Å². The molecule has 2 aromatic heterocycles. The first-order valence-corrected chi connectivity index (χ1v) is 7.76. The van der Waals surface area contributed by atoms with E-state index in [9.17, 15) is 10.1 Å². The predicted molar refractivity (Wildman–Crippen MR) is 93.1 cm³/mol. The van der Waals surface area contributed by atoms with E-state index in [1.165, 1.54) is 4.57 Å². The molecule has 0 spiro atoms. The SMILES string of the molecule is CC.Cc1ncc(-c2ccc(C#N)c(-n3cccc(C)c3=O)c2)o1. The second-order valence-electron chi connectivity index (χ2n) is 4.95. The summed E-state index contributed by atoms with van der Waals surface area (Å²) in [4.78, 5) is 16.4. The maximum atomic E-state index is 12.3. The molecule has 0 unspecified atom stereocenters. The molecule has 1 aromatic carbocycles. The summed E-state index contributed by atoms with van der Waals surface area (Å²) in [5, 5.41) is 9.30. The summed E-state index contributed by atoms with van der Waals surface area (Å²) >= 11 is 0. The van der Waals surface area contributed by atoms with Crippen molar-refractivity contribution in [1.82, 2.24) is 9.55 Å². The summed E-state index contributed by atoms with van der Waals surface area (Å²) < 4.78 is 6.98. The number of rotatable bonds is 2. The van der Waals surface area contributed by atoms with E-state index >= 15 is 0 Å². The topological polar surface area (TPSA) is 71.8 Å². The molecule has 5 heteroatoms. The number of aryl methyl sites for hydroxylation is 2. The van der Waals surface area contributed by atoms with E-state index in [0.717, 1.165) is 5.56 Å². The van der Waals surface area contributed by atoms with Crippen molar-refractivity contribution in [2.75, 3.05) is 0 Å². The fourth-order valence-corrected chi connectivity index (χ4v) is 2.27. The normalized spacial score (nSPS) is 9.79. The molecular formula is C19H19N3O2. The molecule has 0 atom stereocenters. The quantitative estimate of drug-likeness (QED) is 0.715. The lowest BCUT2D eigenvalue weighted by atomic mass is 10.1. The van der Waals surface area contributed by atoms with Gasteiger partial charge in [-0.1, -0.05) is 19.9 Å². The van der Waals surface area contributed by atoms with Gasteiger partial charge in [0.1, 0.15) is 6.07 Å². The molecule has 0 saturated carbocycles. The molecule has 5 nitrogen and oxygen atoms in total. The molecule has 122 valence electrons. The van der Waals surface area contributed by atoms with Gasteiger partial charge in [0, 0.05) is 24.2 Å². The average molecular weight is 321 g/mol. The number of nitrogens with zero attached hydrogens (tertiary/aromatic N) is 3. The van der Waals surface area contributed by atoms with Gasteiger partial charge in [0.25, 0.3) is 5.56 Å². The molecule has 0 aliphatic carbocycles. The molecule has 3 aromatic rings. The van der Waals surface area contributed by atoms with Gasteiger partial charge in [-0.2, -0.15) is 5.26 Å². The average Bonchev–Trinajstić information content (AvgIpc) is 3.05. The third kappa shape index (κ3) is 3.28. The third-order valence-corrected chi connectivity index (χ3v) is 3.42. The molecule has 3 rings (SSSR count). The van der Waals surface area contributed by atoms with Gasteiger partial charge in [-0.25, -0.2) is 4.98 Å². The number of oxazole rings is 1. The highest BCUT2D eigenvalue weighted by molar-refractivity contribution is 5.64. The van der Waals surface area contributed by atoms with E-state index in [1.807, 2.05) is 13.8 Å². The third-order valence-electron chi connectivity index (χ3n) is 3.42. The summed E-state index contributed by atoms with van der Waals surface area (Å²) in [6.45, 7) is 7.51. The Morgan fingerprint density at radius 1 is 1.21 bits per heavy atom. The minimum atomic E-state index is -0.148. The molecule has 0 fully saturated rings. The first-order valence-electron chi connectivity index (χ1n) is 7.76. The van der Waals surface area contributed by atoms with Gasteiger partial charge >= 0.3 is 0 Å². The number of pyridine rings is 1. The lowest BCUT2D eigenvalue weighted by Gasteiger charge is -2.09. The van der Waals surface area contributed by atoms with Gasteiger partial charge in [-0.05, 0) is 31.2 Å². The second kappa shape index (κ2) is 7.42. The number of benzene rings is 1. The van der Waals surface area contributed by atoms with Crippen molar-refractivity contribution in [2.24, 2.45) is 0 Å². The van der Waals surface area contributed by atoms with Crippen LogP contribution >= 0.6 is 0 Å². The number of hydrogen-bond donors (Lipinski definition) is 0. The van der Waals surface area contributed by atoms with E-state index < -0.39 is 0 Å². The van der Waals surface area contributed by atoms with Crippen LogP contribution in [0.2, 0.25) is 0 Å². The van der Waals surface area contributed by atoms with Crippen LogP contribution in [0, 0.1) is 25.2 Å². The highest BCUT2D eigenvalue weighted by Crippen LogP contribution is 2.24. The molecule has 24 heavy (non-hydrogen) atoms. The van der Waals surface area contributed by atoms with Crippen molar-refractivity contribution in [3.8, 4) is 23.1 Å². The van der Waals surface area contributed by atoms with E-state index in [4.69, 9.17) is 4.42 Å². The van der Waals surface area contributed by atoms with Crippen LogP contribution in [0.3, 0.4) is 0 Å². The Labute approximate surface area is 140 Å². The van der Waals surface area contributed by atoms with Crippen molar-refractivity contribution in [3.05, 3.63) is 70.1 Å². The minimum absolute atomic E-state index is 0.148. The second-order valence-corrected chi connectivity index (χ2v) is 4.95. The van der Waals surface area contributed by atoms with Crippen molar-refractivity contribution < 1.29 is 4.42 Å². The van der Waals surface area contributed by atoms with Gasteiger partial charge in [-0.3, -0.25) is 9.36 Å². The molecule has 0 aliphatic heterocycles. The summed E-state index contributed by atoms with van der Waals surface area (Å²) in [5.41, 5.74) is 2.19. The Morgan fingerprint density at radius 2 is 1.96 bits per heavy atom. The van der Waals surface area contributed by atoms with Gasteiger partial charge in [-0.15, -0.1) is 0 Å². The lowest BCUT2D eigenvalue weighted by Crippen LogP contribution is -2.20. The van der Waals surface area contributed by atoms with Crippen LogP contribution in [0.5, 0.6) is 0 Å². The van der Waals surface area contributed by atoms with Gasteiger partial charge in [0.15, 0.2) is 11.7 Å². The van der Waals surface area contributed by atoms with Gasteiger partial charge in [0.05, 0.1) is 17.4 Å². The van der Waals surface area contributed by atoms with Crippen molar-refractivity contribution in [2.45, 2.75) is 27.7 Å². The van der Waals surface area contributed by atoms with E-state index in [2.05, 4.69) is 11.1 Å². The van der Waals surface area contributed by atoms with Crippen LogP contribution in [-0.4, -0.2) is 9.55 Å². The van der Waals surface area contributed by atoms with Gasteiger partial charge < -0.3 is 4.42 Å². The number of nitriles is 1. The molecule has 0 bridgehead atoms. The number of hydrogen-bond acceptors (Lipinski definition) is 4. The Morgan fingerprint density at radius 3 is 2.58 bits per heavy atom. The van der Waals surface area contributed by atoms with E-state index in [-0.39, 0.29) is 5.56 Å². The molecule has 0 aliphatic rings. The van der Waals surface area contributed by atoms with Gasteiger partial charge in [0.2, 0.25) is 0 Å². The zero-order valence-corrected chi connectivity index (χ0v) is 14.2. The highest BCUT2D eigenvalue weighted by atomic mass is 16.4. The summed E-state index contributed by atoms with van der Waals surface area (Å²) in [7, 11) is 0. The largest absolute Gasteiger partial charge is 0.441 e. The highest BCUT2D eigenvalue weighted by Gasteiger charge is 2.11. The Kier molecular flexibility index (Phi) is 5.33. The van der Waals surface area contributed by atoms with Crippen molar-refractivity contribution >= 4 is 0 Å². The van der Waals surface area contributed by atoms with Crippen LogP contribution in [0.15, 0.2) is 51.9 Å². The van der Waals surface area contributed by atoms with Crippen LogP contribution in [0.1, 0.15) is 30.9 Å². The minimum Gasteiger partial charge on any atom is -0.441 e. The Bertz CT molecular complexity index is 946. The predicted octanol–water partition coefficient (Wildman–Crippen LogP) is 4.01. The summed E-state index contributed by atoms with van der Waals surface area (Å²) in [6.07, 6.45) is 3.28. The zero-order valence-electron chi connectivity index (χ0n) is 14.2. The molecule has 2 heterocycles. The standard InChI is InChI=1S/C17H13N3O2.C2H6/c1-11-4-3-7-20(17(11)21)15-8-13(5-6-14(15)9-18)16-10-19-12(2)22-16;1-2/h3-8,10H,1-2H3;1-2H3. The van der Waals surface area contributed by atoms with Crippen LogP contribution in [0.4, 0.5) is 0 Å². The maximum Gasteiger partial charge on any atom is 0.258 e. The monoisotopic (exact) mass is 321 g/mol. The van der Waals surface area contributed by atoms with Crippen LogP contribution in [-0.2, 0) is 0 Å². The Balaban J connectivity index is 0.00000100. The molecule has 0 amide bonds. The molecular weight excluding hydrogens is 302 g/mol.